The SMILES string of the molecule is CN1C(=O)C(=C/C=C2/N(c3cc4ccccc4s3)c3cc4cc([SH](=O)=O)sc4cc3C2(C)C)C(=O)N(C)C1=O. The Kier molecular flexibility index (Phi) is 5.79. The number of carbonyl (C=O) groups excluding carboxylic acids is 3. The number of allylic oxidation sites excluding steroid dienone is 3. The minimum absolute atomic E-state index is 0.0972. The monoisotopic (exact) mass is 577 g/mol. The van der Waals surface area contributed by atoms with Crippen molar-refractivity contribution in [1.29, 1.82) is 0 Å². The second-order valence-electron chi connectivity index (χ2n) is 9.97. The minimum Gasteiger partial charge on any atom is -0.304 e. The summed E-state index contributed by atoms with van der Waals surface area (Å²) < 4.78 is 25.7. The van der Waals surface area contributed by atoms with Gasteiger partial charge in [0.1, 0.15) is 14.8 Å². The number of hydrogen-bond donors (Lipinski definition) is 1. The fourth-order valence-electron chi connectivity index (χ4n) is 5.14. The van der Waals surface area contributed by atoms with E-state index in [1.807, 2.05) is 30.3 Å². The Hall–Kier alpha value is -3.80. The van der Waals surface area contributed by atoms with Crippen LogP contribution in [0.4, 0.5) is 15.5 Å². The Morgan fingerprint density at radius 2 is 1.51 bits per heavy atom. The molecule has 0 N–H and O–H groups in total. The minimum atomic E-state index is -2.69. The van der Waals surface area contributed by atoms with Gasteiger partial charge in [-0.05, 0) is 58.8 Å². The number of nitrogens with zero attached hydrogens (tertiary/aromatic N) is 3. The van der Waals surface area contributed by atoms with Gasteiger partial charge in [-0.3, -0.25) is 19.4 Å². The van der Waals surface area contributed by atoms with Crippen LogP contribution < -0.4 is 4.90 Å². The number of anilines is 2. The van der Waals surface area contributed by atoms with Gasteiger partial charge < -0.3 is 4.90 Å². The summed E-state index contributed by atoms with van der Waals surface area (Å²) >= 11 is 2.85. The van der Waals surface area contributed by atoms with Crippen LogP contribution in [0.2, 0.25) is 0 Å². The van der Waals surface area contributed by atoms with Gasteiger partial charge in [0.15, 0.2) is 10.7 Å². The predicted molar refractivity (Wildman–Crippen MR) is 154 cm³/mol. The van der Waals surface area contributed by atoms with Gasteiger partial charge in [-0.1, -0.05) is 32.0 Å². The molecule has 1 saturated heterocycles. The van der Waals surface area contributed by atoms with Gasteiger partial charge in [0.05, 0.1) is 5.69 Å². The summed E-state index contributed by atoms with van der Waals surface area (Å²) in [6.45, 7) is 4.12. The first-order valence-corrected chi connectivity index (χ1v) is 14.8. The van der Waals surface area contributed by atoms with E-state index in [4.69, 9.17) is 0 Å². The van der Waals surface area contributed by atoms with E-state index in [0.717, 1.165) is 51.9 Å². The van der Waals surface area contributed by atoms with Gasteiger partial charge >= 0.3 is 6.03 Å². The number of amides is 4. The topological polar surface area (TPSA) is 95.1 Å². The largest absolute Gasteiger partial charge is 0.333 e. The van der Waals surface area contributed by atoms with Crippen LogP contribution >= 0.6 is 22.7 Å². The van der Waals surface area contributed by atoms with E-state index in [9.17, 15) is 22.8 Å². The normalized spacial score (nSPS) is 18.4. The van der Waals surface area contributed by atoms with Gasteiger partial charge in [-0.2, -0.15) is 0 Å². The first kappa shape index (κ1) is 25.5. The van der Waals surface area contributed by atoms with Gasteiger partial charge in [-0.15, -0.1) is 22.7 Å². The molecule has 0 atom stereocenters. The molecule has 39 heavy (non-hydrogen) atoms. The molecular weight excluding hydrogens is 555 g/mol. The molecule has 4 heterocycles. The molecule has 0 saturated carbocycles. The molecule has 2 aromatic heterocycles. The van der Waals surface area contributed by atoms with Crippen LogP contribution in [0.5, 0.6) is 0 Å². The number of rotatable bonds is 3. The average Bonchev–Trinajstić information content (AvgIpc) is 3.58. The summed E-state index contributed by atoms with van der Waals surface area (Å²) in [6.07, 6.45) is 3.27. The molecule has 6 rings (SSSR count). The lowest BCUT2D eigenvalue weighted by Crippen LogP contribution is -2.53. The zero-order valence-electron chi connectivity index (χ0n) is 21.4. The third-order valence-electron chi connectivity index (χ3n) is 7.28. The van der Waals surface area contributed by atoms with E-state index >= 15 is 0 Å². The lowest BCUT2D eigenvalue weighted by molar-refractivity contribution is -0.134. The highest BCUT2D eigenvalue weighted by Crippen LogP contribution is 2.54. The molecule has 2 aromatic carbocycles. The summed E-state index contributed by atoms with van der Waals surface area (Å²) in [7, 11) is 0.0128. The van der Waals surface area contributed by atoms with Crippen LogP contribution in [-0.4, -0.2) is 50.2 Å². The van der Waals surface area contributed by atoms with Gasteiger partial charge in [0.2, 0.25) is 0 Å². The molecule has 198 valence electrons. The van der Waals surface area contributed by atoms with Crippen molar-refractivity contribution < 1.29 is 22.8 Å². The summed E-state index contributed by atoms with van der Waals surface area (Å²) in [5.74, 6) is -1.30. The summed E-state index contributed by atoms with van der Waals surface area (Å²) in [5, 5.41) is 2.86. The first-order valence-electron chi connectivity index (χ1n) is 12.0. The van der Waals surface area contributed by atoms with Crippen LogP contribution in [0, 0.1) is 0 Å². The Morgan fingerprint density at radius 3 is 2.18 bits per heavy atom. The van der Waals surface area contributed by atoms with Crippen molar-refractivity contribution in [1.82, 2.24) is 9.80 Å². The molecule has 0 spiro atoms. The van der Waals surface area contributed by atoms with E-state index in [1.165, 1.54) is 31.5 Å². The lowest BCUT2D eigenvalue weighted by Gasteiger charge is -2.29. The maximum absolute atomic E-state index is 12.9. The van der Waals surface area contributed by atoms with E-state index in [0.29, 0.717) is 4.21 Å². The fraction of sp³-hybridized carbons (Fsp3) is 0.179. The molecule has 8 nitrogen and oxygen atoms in total. The van der Waals surface area contributed by atoms with Crippen LogP contribution in [0.1, 0.15) is 19.4 Å². The third-order valence-corrected chi connectivity index (χ3v) is 10.5. The van der Waals surface area contributed by atoms with E-state index in [2.05, 4.69) is 30.9 Å². The van der Waals surface area contributed by atoms with Crippen molar-refractivity contribution in [2.75, 3.05) is 19.0 Å². The number of carbonyl (C=O) groups is 3. The number of thiol groups is 1. The zero-order valence-corrected chi connectivity index (χ0v) is 23.9. The molecule has 2 aliphatic heterocycles. The maximum Gasteiger partial charge on any atom is 0.333 e. The standard InChI is InChI=1S/C28H23N3O5S3/c1-28(2)18-14-21-16(13-24(38-21)39(35)36)11-19(18)31(23-12-15-7-5-6-8-20(15)37-23)22(28)10-9-17-25(32)29(3)27(34)30(4)26(17)33/h5-14,39H,1-4H3/b22-10+. The lowest BCUT2D eigenvalue weighted by atomic mass is 9.83. The van der Waals surface area contributed by atoms with Crippen molar-refractivity contribution in [3.05, 3.63) is 77.5 Å². The molecular formula is C28H23N3O5S3. The van der Waals surface area contributed by atoms with E-state index in [1.54, 1.807) is 23.5 Å². The molecule has 4 amide bonds. The molecule has 0 radical (unpaired) electrons. The second-order valence-corrected chi connectivity index (χ2v) is 13.4. The van der Waals surface area contributed by atoms with E-state index < -0.39 is 34.0 Å². The highest BCUT2D eigenvalue weighted by atomic mass is 32.2. The molecule has 0 bridgehead atoms. The Balaban J connectivity index is 1.58. The molecule has 11 heteroatoms. The van der Waals surface area contributed by atoms with Crippen molar-refractivity contribution in [3.63, 3.8) is 0 Å². The summed E-state index contributed by atoms with van der Waals surface area (Å²) in [5.41, 5.74) is 2.08. The molecule has 0 aliphatic carbocycles. The van der Waals surface area contributed by atoms with Crippen molar-refractivity contribution in [2.45, 2.75) is 23.5 Å². The smallest absolute Gasteiger partial charge is 0.304 e. The number of likely N-dealkylation sites (N-methyl/N-ethyl adjacent to an activating group) is 2. The number of fused-ring (bicyclic) bond motifs is 3. The Labute approximate surface area is 234 Å². The summed E-state index contributed by atoms with van der Waals surface area (Å²) in [4.78, 5) is 41.9. The molecule has 1 fully saturated rings. The molecule has 4 aromatic rings. The zero-order chi connectivity index (χ0) is 27.8. The number of hydrogen-bond acceptors (Lipinski definition) is 8. The van der Waals surface area contributed by atoms with E-state index in [-0.39, 0.29) is 5.57 Å². The molecule has 2 aliphatic rings. The number of urea groups is 1. The number of imide groups is 2. The first-order chi connectivity index (χ1) is 18.5. The fourth-order valence-corrected chi connectivity index (χ4v) is 7.89. The van der Waals surface area contributed by atoms with Gasteiger partial charge in [0, 0.05) is 34.6 Å². The van der Waals surface area contributed by atoms with Gasteiger partial charge in [-0.25, -0.2) is 13.2 Å². The quantitative estimate of drug-likeness (QED) is 0.200. The van der Waals surface area contributed by atoms with Crippen molar-refractivity contribution >= 4 is 82.1 Å². The van der Waals surface area contributed by atoms with Crippen molar-refractivity contribution in [3.8, 4) is 0 Å². The maximum atomic E-state index is 12.9. The summed E-state index contributed by atoms with van der Waals surface area (Å²) in [6, 6.07) is 15.2. The second kappa shape index (κ2) is 8.87. The third kappa shape index (κ3) is 3.83. The van der Waals surface area contributed by atoms with Crippen LogP contribution in [-0.2, 0) is 25.7 Å². The van der Waals surface area contributed by atoms with Crippen LogP contribution in [0.15, 0.2) is 76.2 Å². The van der Waals surface area contributed by atoms with Crippen molar-refractivity contribution in [2.24, 2.45) is 0 Å². The Bertz CT molecular complexity index is 1830. The highest BCUT2D eigenvalue weighted by Gasteiger charge is 2.42. The van der Waals surface area contributed by atoms with Crippen LogP contribution in [0.3, 0.4) is 0 Å². The molecule has 0 unspecified atom stereocenters. The number of thiophene rings is 2. The highest BCUT2D eigenvalue weighted by molar-refractivity contribution is 7.75. The number of barbiturate groups is 1. The van der Waals surface area contributed by atoms with Gasteiger partial charge in [0.25, 0.3) is 11.8 Å². The predicted octanol–water partition coefficient (Wildman–Crippen LogP) is 5.38. The number of benzene rings is 2. The Morgan fingerprint density at radius 1 is 0.821 bits per heavy atom. The average molecular weight is 578 g/mol. The van der Waals surface area contributed by atoms with Crippen LogP contribution in [0.25, 0.3) is 20.2 Å².